The molecule has 0 bridgehead atoms. The van der Waals surface area contributed by atoms with Crippen molar-refractivity contribution >= 4 is 11.6 Å². The number of anilines is 1. The number of hydrogen-bond acceptors (Lipinski definition) is 3. The van der Waals surface area contributed by atoms with Crippen molar-refractivity contribution in [3.8, 4) is 18.0 Å². The Balaban J connectivity index is 1.98. The zero-order valence-corrected chi connectivity index (χ0v) is 13.6. The lowest BCUT2D eigenvalue weighted by Crippen LogP contribution is -2.26. The molecule has 0 atom stereocenters. The van der Waals surface area contributed by atoms with Gasteiger partial charge >= 0.3 is 0 Å². The van der Waals surface area contributed by atoms with E-state index < -0.39 is 11.3 Å². The molecule has 1 amide bonds. The van der Waals surface area contributed by atoms with E-state index in [-0.39, 0.29) is 5.69 Å². The number of benzene rings is 2. The number of nitrogens with one attached hydrogen (secondary N) is 1. The fourth-order valence-electron chi connectivity index (χ4n) is 2.41. The van der Waals surface area contributed by atoms with Crippen LogP contribution < -0.4 is 10.7 Å². The third kappa shape index (κ3) is 3.48. The van der Waals surface area contributed by atoms with Gasteiger partial charge in [-0.25, -0.2) is 4.68 Å². The number of terminal acetylenes is 1. The van der Waals surface area contributed by atoms with Crippen LogP contribution in [0.5, 0.6) is 0 Å². The molecule has 1 heterocycles. The zero-order valence-electron chi connectivity index (χ0n) is 13.6. The smallest absolute Gasteiger partial charge is 0.280 e. The van der Waals surface area contributed by atoms with Crippen molar-refractivity contribution in [1.82, 2.24) is 9.78 Å². The van der Waals surface area contributed by atoms with Gasteiger partial charge in [-0.15, -0.1) is 6.42 Å². The normalized spacial score (nSPS) is 10.1. The first-order valence-electron chi connectivity index (χ1n) is 7.63. The zero-order chi connectivity index (χ0) is 17.8. The van der Waals surface area contributed by atoms with Gasteiger partial charge in [0.15, 0.2) is 5.69 Å². The molecule has 5 heteroatoms. The lowest BCUT2D eigenvalue weighted by atomic mass is 10.2. The van der Waals surface area contributed by atoms with Crippen molar-refractivity contribution in [3.63, 3.8) is 0 Å². The summed E-state index contributed by atoms with van der Waals surface area (Å²) in [5, 5.41) is 6.89. The Morgan fingerprint density at radius 2 is 1.88 bits per heavy atom. The number of para-hydroxylation sites is 1. The first kappa shape index (κ1) is 16.2. The van der Waals surface area contributed by atoms with E-state index in [0.717, 1.165) is 5.69 Å². The van der Waals surface area contributed by atoms with Gasteiger partial charge in [0, 0.05) is 23.0 Å². The molecule has 122 valence electrons. The van der Waals surface area contributed by atoms with E-state index in [1.807, 2.05) is 30.3 Å². The van der Waals surface area contributed by atoms with Crippen LogP contribution >= 0.6 is 0 Å². The molecule has 3 rings (SSSR count). The SMILES string of the molecule is C#Cc1cccc(NC(=O)c2nn(-c3ccccc3)c(C)cc2=O)c1. The van der Waals surface area contributed by atoms with E-state index >= 15 is 0 Å². The van der Waals surface area contributed by atoms with Gasteiger partial charge in [0.05, 0.1) is 5.69 Å². The Hall–Kier alpha value is -3.65. The number of hydrogen-bond donors (Lipinski definition) is 1. The lowest BCUT2D eigenvalue weighted by Gasteiger charge is -2.11. The Kier molecular flexibility index (Phi) is 4.44. The number of carbonyl (C=O) groups excluding carboxylic acids is 1. The van der Waals surface area contributed by atoms with Crippen LogP contribution in [0.4, 0.5) is 5.69 Å². The second-order valence-electron chi connectivity index (χ2n) is 5.43. The molecule has 0 aliphatic rings. The first-order valence-corrected chi connectivity index (χ1v) is 7.63. The average molecular weight is 329 g/mol. The summed E-state index contributed by atoms with van der Waals surface area (Å²) >= 11 is 0. The molecule has 5 nitrogen and oxygen atoms in total. The number of aryl methyl sites for hydroxylation is 1. The highest BCUT2D eigenvalue weighted by molar-refractivity contribution is 6.02. The van der Waals surface area contributed by atoms with Crippen LogP contribution in [0, 0.1) is 19.3 Å². The van der Waals surface area contributed by atoms with Crippen molar-refractivity contribution in [2.24, 2.45) is 0 Å². The van der Waals surface area contributed by atoms with E-state index in [1.54, 1.807) is 35.9 Å². The fraction of sp³-hybridized carbons (Fsp3) is 0.0500. The minimum Gasteiger partial charge on any atom is -0.320 e. The molecule has 2 aromatic carbocycles. The van der Waals surface area contributed by atoms with Gasteiger partial charge in [-0.2, -0.15) is 5.10 Å². The van der Waals surface area contributed by atoms with Crippen LogP contribution in [0.2, 0.25) is 0 Å². The van der Waals surface area contributed by atoms with Gasteiger partial charge in [0.1, 0.15) is 0 Å². The number of amides is 1. The van der Waals surface area contributed by atoms with Crippen molar-refractivity contribution in [2.75, 3.05) is 5.32 Å². The van der Waals surface area contributed by atoms with Gasteiger partial charge in [-0.3, -0.25) is 9.59 Å². The van der Waals surface area contributed by atoms with Crippen LogP contribution in [0.25, 0.3) is 5.69 Å². The van der Waals surface area contributed by atoms with Gasteiger partial charge < -0.3 is 5.32 Å². The van der Waals surface area contributed by atoms with Crippen molar-refractivity contribution in [3.05, 3.63) is 87.8 Å². The van der Waals surface area contributed by atoms with E-state index in [0.29, 0.717) is 16.9 Å². The number of aromatic nitrogens is 2. The maximum Gasteiger partial charge on any atom is 0.280 e. The maximum atomic E-state index is 12.5. The molecule has 0 radical (unpaired) electrons. The summed E-state index contributed by atoms with van der Waals surface area (Å²) in [6.07, 6.45) is 5.36. The lowest BCUT2D eigenvalue weighted by molar-refractivity contribution is 0.101. The number of nitrogens with zero attached hydrogens (tertiary/aromatic N) is 2. The molecule has 0 aliphatic carbocycles. The first-order chi connectivity index (χ1) is 12.1. The van der Waals surface area contributed by atoms with Gasteiger partial charge in [0.25, 0.3) is 5.91 Å². The second kappa shape index (κ2) is 6.85. The van der Waals surface area contributed by atoms with E-state index in [2.05, 4.69) is 16.3 Å². The molecule has 1 N–H and O–H groups in total. The van der Waals surface area contributed by atoms with Gasteiger partial charge in [-0.05, 0) is 37.3 Å². The molecule has 25 heavy (non-hydrogen) atoms. The third-order valence-corrected chi connectivity index (χ3v) is 3.61. The maximum absolute atomic E-state index is 12.5. The van der Waals surface area contributed by atoms with Gasteiger partial charge in [-0.1, -0.05) is 30.2 Å². The Morgan fingerprint density at radius 1 is 1.12 bits per heavy atom. The van der Waals surface area contributed by atoms with E-state index in [4.69, 9.17) is 6.42 Å². The Morgan fingerprint density at radius 3 is 2.60 bits per heavy atom. The topological polar surface area (TPSA) is 64.0 Å². The summed E-state index contributed by atoms with van der Waals surface area (Å²) in [4.78, 5) is 24.7. The predicted octanol–water partition coefficient (Wildman–Crippen LogP) is 2.77. The minimum atomic E-state index is -0.580. The molecule has 0 fully saturated rings. The second-order valence-corrected chi connectivity index (χ2v) is 5.43. The van der Waals surface area contributed by atoms with E-state index in [1.165, 1.54) is 6.07 Å². The molecule has 0 aliphatic heterocycles. The summed E-state index contributed by atoms with van der Waals surface area (Å²) in [5.41, 5.74) is 1.94. The average Bonchev–Trinajstić information content (AvgIpc) is 2.62. The van der Waals surface area contributed by atoms with Crippen LogP contribution in [0.3, 0.4) is 0 Å². The van der Waals surface area contributed by atoms with Crippen LogP contribution in [0.15, 0.2) is 65.5 Å². The molecular formula is C20H15N3O2. The summed E-state index contributed by atoms with van der Waals surface area (Å²) in [7, 11) is 0. The van der Waals surface area contributed by atoms with E-state index in [9.17, 15) is 9.59 Å². The largest absolute Gasteiger partial charge is 0.320 e. The highest BCUT2D eigenvalue weighted by atomic mass is 16.2. The summed E-state index contributed by atoms with van der Waals surface area (Å²) in [5.74, 6) is 1.92. The Labute approximate surface area is 144 Å². The number of carbonyl (C=O) groups is 1. The highest BCUT2D eigenvalue weighted by Gasteiger charge is 2.15. The third-order valence-electron chi connectivity index (χ3n) is 3.61. The van der Waals surface area contributed by atoms with Gasteiger partial charge in [0.2, 0.25) is 5.43 Å². The monoisotopic (exact) mass is 329 g/mol. The molecule has 0 saturated carbocycles. The fourth-order valence-corrected chi connectivity index (χ4v) is 2.41. The van der Waals surface area contributed by atoms with Crippen molar-refractivity contribution in [2.45, 2.75) is 6.92 Å². The van der Waals surface area contributed by atoms with Crippen LogP contribution in [0.1, 0.15) is 21.7 Å². The molecule has 3 aromatic rings. The Bertz CT molecular complexity index is 1030. The van der Waals surface area contributed by atoms with Crippen molar-refractivity contribution in [1.29, 1.82) is 0 Å². The highest BCUT2D eigenvalue weighted by Crippen LogP contribution is 2.12. The summed E-state index contributed by atoms with van der Waals surface area (Å²) < 4.78 is 1.56. The standard InChI is InChI=1S/C20H15N3O2/c1-3-15-8-7-9-16(13-15)21-20(25)19-18(24)12-14(2)23(22-19)17-10-5-4-6-11-17/h1,4-13H,2H3,(H,21,25). The summed E-state index contributed by atoms with van der Waals surface area (Å²) in [6, 6.07) is 17.5. The van der Waals surface area contributed by atoms with Crippen LogP contribution in [-0.2, 0) is 0 Å². The molecule has 1 aromatic heterocycles. The predicted molar refractivity (Wildman–Crippen MR) is 96.9 cm³/mol. The quantitative estimate of drug-likeness (QED) is 0.752. The van der Waals surface area contributed by atoms with Crippen LogP contribution in [-0.4, -0.2) is 15.7 Å². The minimum absolute atomic E-state index is 0.180. The molecule has 0 unspecified atom stereocenters. The van der Waals surface area contributed by atoms with Crippen molar-refractivity contribution < 1.29 is 4.79 Å². The number of rotatable bonds is 3. The molecular weight excluding hydrogens is 314 g/mol. The molecule has 0 spiro atoms. The summed E-state index contributed by atoms with van der Waals surface area (Å²) in [6.45, 7) is 1.76. The molecule has 0 saturated heterocycles.